The Hall–Kier alpha value is -2.92. The van der Waals surface area contributed by atoms with Crippen molar-refractivity contribution >= 4 is 11.0 Å². The molecule has 142 valence electrons. The van der Waals surface area contributed by atoms with Crippen LogP contribution in [0.15, 0.2) is 61.1 Å². The van der Waals surface area contributed by atoms with Crippen LogP contribution in [0, 0.1) is 6.92 Å². The minimum atomic E-state index is 0.341. The first-order chi connectivity index (χ1) is 13.8. The van der Waals surface area contributed by atoms with Gasteiger partial charge in [-0.05, 0) is 49.6 Å². The molecule has 5 nitrogen and oxygen atoms in total. The number of hydrogen-bond acceptors (Lipinski definition) is 3. The standard InChI is InChI=1S/C23H25N5/c1-17-9-10-20-21(12-17)26-23(25-20)22-8-5-11-27(22)15-19-13-24-16-28(19)14-18-6-3-2-4-7-18/h2-4,6-7,9-10,12-13,16,22H,5,8,11,14-15H2,1H3,(H,25,26). The fourth-order valence-corrected chi connectivity index (χ4v) is 4.24. The predicted molar refractivity (Wildman–Crippen MR) is 111 cm³/mol. The molecule has 0 bridgehead atoms. The smallest absolute Gasteiger partial charge is 0.124 e. The summed E-state index contributed by atoms with van der Waals surface area (Å²) in [5, 5.41) is 0. The van der Waals surface area contributed by atoms with E-state index in [1.807, 2.05) is 12.5 Å². The molecule has 1 fully saturated rings. The van der Waals surface area contributed by atoms with Gasteiger partial charge in [-0.3, -0.25) is 4.90 Å². The number of aromatic amines is 1. The molecule has 0 spiro atoms. The molecule has 1 N–H and O–H groups in total. The maximum Gasteiger partial charge on any atom is 0.124 e. The van der Waals surface area contributed by atoms with Crippen molar-refractivity contribution < 1.29 is 0 Å². The summed E-state index contributed by atoms with van der Waals surface area (Å²) in [7, 11) is 0. The number of nitrogens with one attached hydrogen (secondary N) is 1. The van der Waals surface area contributed by atoms with Gasteiger partial charge >= 0.3 is 0 Å². The third-order valence-corrected chi connectivity index (χ3v) is 5.69. The molecule has 2 aromatic carbocycles. The average molecular weight is 371 g/mol. The van der Waals surface area contributed by atoms with Crippen LogP contribution in [0.1, 0.15) is 41.5 Å². The van der Waals surface area contributed by atoms with Gasteiger partial charge in [0.1, 0.15) is 5.82 Å². The summed E-state index contributed by atoms with van der Waals surface area (Å²) < 4.78 is 2.26. The Balaban J connectivity index is 1.37. The molecule has 0 radical (unpaired) electrons. The molecular formula is C23H25N5. The summed E-state index contributed by atoms with van der Waals surface area (Å²) in [6.45, 7) is 4.97. The molecular weight excluding hydrogens is 346 g/mol. The van der Waals surface area contributed by atoms with E-state index in [1.54, 1.807) is 0 Å². The maximum absolute atomic E-state index is 4.89. The maximum atomic E-state index is 4.89. The number of hydrogen-bond donors (Lipinski definition) is 1. The van der Waals surface area contributed by atoms with Crippen LogP contribution in [-0.2, 0) is 13.1 Å². The molecule has 1 aliphatic rings. The molecule has 0 aliphatic carbocycles. The largest absolute Gasteiger partial charge is 0.341 e. The number of aryl methyl sites for hydroxylation is 1. The van der Waals surface area contributed by atoms with Crippen molar-refractivity contribution in [3.05, 3.63) is 83.7 Å². The highest BCUT2D eigenvalue weighted by Gasteiger charge is 2.29. The van der Waals surface area contributed by atoms with E-state index in [2.05, 4.69) is 74.9 Å². The van der Waals surface area contributed by atoms with Crippen molar-refractivity contribution in [2.24, 2.45) is 0 Å². The molecule has 5 heteroatoms. The zero-order valence-electron chi connectivity index (χ0n) is 16.2. The van der Waals surface area contributed by atoms with Gasteiger partial charge in [0.05, 0.1) is 29.1 Å². The number of likely N-dealkylation sites (tertiary alicyclic amines) is 1. The number of imidazole rings is 2. The molecule has 0 saturated carbocycles. The van der Waals surface area contributed by atoms with Gasteiger partial charge in [-0.15, -0.1) is 0 Å². The van der Waals surface area contributed by atoms with Crippen molar-refractivity contribution in [3.63, 3.8) is 0 Å². The Morgan fingerprint density at radius 2 is 2.00 bits per heavy atom. The highest BCUT2D eigenvalue weighted by atomic mass is 15.2. The van der Waals surface area contributed by atoms with Gasteiger partial charge in [0.2, 0.25) is 0 Å². The number of fused-ring (bicyclic) bond motifs is 1. The zero-order chi connectivity index (χ0) is 18.9. The molecule has 1 aliphatic heterocycles. The molecule has 4 aromatic rings. The van der Waals surface area contributed by atoms with E-state index in [4.69, 9.17) is 4.98 Å². The Labute approximate surface area is 165 Å². The van der Waals surface area contributed by atoms with Crippen LogP contribution in [0.3, 0.4) is 0 Å². The summed E-state index contributed by atoms with van der Waals surface area (Å²) in [4.78, 5) is 15.4. The van der Waals surface area contributed by atoms with E-state index < -0.39 is 0 Å². The van der Waals surface area contributed by atoms with E-state index >= 15 is 0 Å². The van der Waals surface area contributed by atoms with Crippen LogP contribution in [0.4, 0.5) is 0 Å². The van der Waals surface area contributed by atoms with Crippen LogP contribution in [-0.4, -0.2) is 31.0 Å². The lowest BCUT2D eigenvalue weighted by Crippen LogP contribution is -2.25. The minimum absolute atomic E-state index is 0.341. The first-order valence-electron chi connectivity index (χ1n) is 9.99. The fourth-order valence-electron chi connectivity index (χ4n) is 4.24. The van der Waals surface area contributed by atoms with E-state index in [1.165, 1.54) is 23.2 Å². The number of benzene rings is 2. The van der Waals surface area contributed by atoms with Gasteiger partial charge in [0.15, 0.2) is 0 Å². The van der Waals surface area contributed by atoms with Gasteiger partial charge in [0.25, 0.3) is 0 Å². The van der Waals surface area contributed by atoms with Gasteiger partial charge in [-0.2, -0.15) is 0 Å². The van der Waals surface area contributed by atoms with Gasteiger partial charge in [-0.25, -0.2) is 9.97 Å². The third-order valence-electron chi connectivity index (χ3n) is 5.69. The third kappa shape index (κ3) is 3.34. The second-order valence-corrected chi connectivity index (χ2v) is 7.77. The molecule has 3 heterocycles. The quantitative estimate of drug-likeness (QED) is 0.564. The normalized spacial score (nSPS) is 17.5. The van der Waals surface area contributed by atoms with Crippen molar-refractivity contribution in [2.45, 2.75) is 38.9 Å². The predicted octanol–water partition coefficient (Wildman–Crippen LogP) is 4.45. The number of nitrogens with zero attached hydrogens (tertiary/aromatic N) is 4. The van der Waals surface area contributed by atoms with Crippen molar-refractivity contribution in [1.82, 2.24) is 24.4 Å². The van der Waals surface area contributed by atoms with Crippen LogP contribution in [0.25, 0.3) is 11.0 Å². The van der Waals surface area contributed by atoms with E-state index in [9.17, 15) is 0 Å². The lowest BCUT2D eigenvalue weighted by atomic mass is 10.2. The summed E-state index contributed by atoms with van der Waals surface area (Å²) in [5.74, 6) is 1.09. The molecule has 2 aromatic heterocycles. The van der Waals surface area contributed by atoms with Crippen LogP contribution < -0.4 is 0 Å². The molecule has 5 rings (SSSR count). The minimum Gasteiger partial charge on any atom is -0.341 e. The first-order valence-corrected chi connectivity index (χ1v) is 9.99. The SMILES string of the molecule is Cc1ccc2nc(C3CCCN3Cc3cncn3Cc3ccccc3)[nH]c2c1. The van der Waals surface area contributed by atoms with E-state index in [0.717, 1.165) is 42.9 Å². The highest BCUT2D eigenvalue weighted by molar-refractivity contribution is 5.75. The lowest BCUT2D eigenvalue weighted by Gasteiger charge is -2.23. The molecule has 1 unspecified atom stereocenters. The molecule has 1 saturated heterocycles. The fraction of sp³-hybridized carbons (Fsp3) is 0.304. The van der Waals surface area contributed by atoms with Crippen LogP contribution >= 0.6 is 0 Å². The monoisotopic (exact) mass is 371 g/mol. The van der Waals surface area contributed by atoms with Crippen LogP contribution in [0.2, 0.25) is 0 Å². The molecule has 1 atom stereocenters. The zero-order valence-corrected chi connectivity index (χ0v) is 16.2. The number of H-pyrrole nitrogens is 1. The number of rotatable bonds is 5. The van der Waals surface area contributed by atoms with E-state index in [-0.39, 0.29) is 0 Å². The van der Waals surface area contributed by atoms with Crippen molar-refractivity contribution in [3.8, 4) is 0 Å². The Morgan fingerprint density at radius 3 is 2.89 bits per heavy atom. The van der Waals surface area contributed by atoms with Gasteiger partial charge < -0.3 is 9.55 Å². The summed E-state index contributed by atoms with van der Waals surface area (Å²) in [6, 6.07) is 17.3. The Morgan fingerprint density at radius 1 is 1.11 bits per heavy atom. The second kappa shape index (κ2) is 7.24. The van der Waals surface area contributed by atoms with Gasteiger partial charge in [-0.1, -0.05) is 36.4 Å². The second-order valence-electron chi connectivity index (χ2n) is 7.77. The highest BCUT2D eigenvalue weighted by Crippen LogP contribution is 2.32. The topological polar surface area (TPSA) is 49.7 Å². The van der Waals surface area contributed by atoms with Gasteiger partial charge in [0, 0.05) is 19.3 Å². The summed E-state index contributed by atoms with van der Waals surface area (Å²) >= 11 is 0. The number of aromatic nitrogens is 4. The van der Waals surface area contributed by atoms with Crippen LogP contribution in [0.5, 0.6) is 0 Å². The first kappa shape index (κ1) is 17.2. The Bertz CT molecular complexity index is 1080. The summed E-state index contributed by atoms with van der Waals surface area (Å²) in [6.07, 6.45) is 6.29. The lowest BCUT2D eigenvalue weighted by molar-refractivity contribution is 0.235. The summed E-state index contributed by atoms with van der Waals surface area (Å²) in [5.41, 5.74) is 6.00. The van der Waals surface area contributed by atoms with Crippen molar-refractivity contribution in [1.29, 1.82) is 0 Å². The molecule has 28 heavy (non-hydrogen) atoms. The average Bonchev–Trinajstić information content (AvgIpc) is 3.43. The van der Waals surface area contributed by atoms with Crippen molar-refractivity contribution in [2.75, 3.05) is 6.54 Å². The Kier molecular flexibility index (Phi) is 4.45. The molecule has 0 amide bonds. The van der Waals surface area contributed by atoms with E-state index in [0.29, 0.717) is 6.04 Å².